The van der Waals surface area contributed by atoms with Gasteiger partial charge < -0.3 is 15.6 Å². The van der Waals surface area contributed by atoms with Crippen LogP contribution in [-0.4, -0.2) is 31.4 Å². The Labute approximate surface area is 239 Å². The molecule has 0 aliphatic rings. The van der Waals surface area contributed by atoms with Crippen molar-refractivity contribution in [1.29, 1.82) is 0 Å². The van der Waals surface area contributed by atoms with Gasteiger partial charge in [0.15, 0.2) is 0 Å². The molecule has 0 fully saturated rings. The Hall–Kier alpha value is -4.93. The molecule has 0 bridgehead atoms. The summed E-state index contributed by atoms with van der Waals surface area (Å²) in [4.78, 5) is 29.5. The number of nitrogen functional groups attached to an aromatic ring is 1. The highest BCUT2D eigenvalue weighted by molar-refractivity contribution is 5.95. The second-order valence-electron chi connectivity index (χ2n) is 10.3. The highest BCUT2D eigenvalue weighted by atomic mass is 19.4. The molecule has 0 radical (unpaired) electrons. The summed E-state index contributed by atoms with van der Waals surface area (Å²) in [5, 5.41) is 9.18. The van der Waals surface area contributed by atoms with E-state index in [1.54, 1.807) is 17.1 Å². The van der Waals surface area contributed by atoms with Gasteiger partial charge in [0.25, 0.3) is 11.5 Å². The van der Waals surface area contributed by atoms with Crippen LogP contribution in [0.2, 0.25) is 0 Å². The minimum Gasteiger partial charge on any atom is -0.383 e. The zero-order valence-corrected chi connectivity index (χ0v) is 23.1. The SMILES string of the molecule is Cc1cc2c(N)nccc2c(C)c1CNC(=O)c1cnn(Cc2ccc(Cc3cccn(CC(F)(F)F)c3=O)cc2)c1. The molecule has 0 unspecified atom stereocenters. The van der Waals surface area contributed by atoms with Gasteiger partial charge in [-0.05, 0) is 65.3 Å². The van der Waals surface area contributed by atoms with Crippen LogP contribution in [0.15, 0.2) is 78.1 Å². The Morgan fingerprint density at radius 2 is 1.79 bits per heavy atom. The largest absolute Gasteiger partial charge is 0.406 e. The fourth-order valence-electron chi connectivity index (χ4n) is 5.05. The lowest BCUT2D eigenvalue weighted by atomic mass is 9.96. The van der Waals surface area contributed by atoms with Crippen molar-refractivity contribution >= 4 is 22.5 Å². The van der Waals surface area contributed by atoms with E-state index in [1.807, 2.05) is 50.2 Å². The standard InChI is InChI=1S/C31H29F3N6O2/c1-19-12-26-25(9-10-36-28(26)35)20(2)27(19)15-37-29(41)24-14-38-40(17-24)16-22-7-5-21(6-8-22)13-23-4-3-11-39(30(23)42)18-31(32,33)34/h3-12,14,17H,13,15-16,18H2,1-2H3,(H2,35,36)(H,37,41). The van der Waals surface area contributed by atoms with Crippen molar-refractivity contribution in [3.63, 3.8) is 0 Å². The number of amides is 1. The molecule has 5 aromatic rings. The highest BCUT2D eigenvalue weighted by Crippen LogP contribution is 2.28. The van der Waals surface area contributed by atoms with Gasteiger partial charge in [-0.2, -0.15) is 18.3 Å². The molecule has 3 N–H and O–H groups in total. The van der Waals surface area contributed by atoms with Crippen molar-refractivity contribution < 1.29 is 18.0 Å². The molecular formula is C31H29F3N6O2. The van der Waals surface area contributed by atoms with Crippen molar-refractivity contribution in [2.24, 2.45) is 0 Å². The van der Waals surface area contributed by atoms with E-state index >= 15 is 0 Å². The lowest BCUT2D eigenvalue weighted by Crippen LogP contribution is -2.29. The molecule has 5 rings (SSSR count). The second-order valence-corrected chi connectivity index (χ2v) is 10.3. The molecule has 0 atom stereocenters. The normalized spacial score (nSPS) is 11.6. The van der Waals surface area contributed by atoms with Crippen LogP contribution in [0.1, 0.15) is 43.7 Å². The molecule has 1 amide bonds. The molecule has 0 saturated heterocycles. The van der Waals surface area contributed by atoms with Gasteiger partial charge in [-0.1, -0.05) is 30.3 Å². The predicted octanol–water partition coefficient (Wildman–Crippen LogP) is 4.92. The van der Waals surface area contributed by atoms with Crippen LogP contribution in [-0.2, 0) is 26.1 Å². The smallest absolute Gasteiger partial charge is 0.383 e. The van der Waals surface area contributed by atoms with Gasteiger partial charge in [-0.15, -0.1) is 0 Å². The summed E-state index contributed by atoms with van der Waals surface area (Å²) in [5.74, 6) is 0.227. The summed E-state index contributed by atoms with van der Waals surface area (Å²) in [6.07, 6.45) is 1.73. The molecule has 3 aromatic heterocycles. The van der Waals surface area contributed by atoms with Gasteiger partial charge in [0.05, 0.1) is 18.3 Å². The zero-order valence-electron chi connectivity index (χ0n) is 23.1. The van der Waals surface area contributed by atoms with Gasteiger partial charge in [0.1, 0.15) is 12.4 Å². The quantitative estimate of drug-likeness (QED) is 0.274. The summed E-state index contributed by atoms with van der Waals surface area (Å²) in [7, 11) is 0. The number of halogens is 3. The third kappa shape index (κ3) is 6.35. The van der Waals surface area contributed by atoms with E-state index < -0.39 is 18.3 Å². The van der Waals surface area contributed by atoms with Crippen molar-refractivity contribution in [2.45, 2.75) is 46.1 Å². The molecule has 8 nitrogen and oxygen atoms in total. The maximum Gasteiger partial charge on any atom is 0.406 e. The van der Waals surface area contributed by atoms with Crippen LogP contribution in [0.25, 0.3) is 10.8 Å². The van der Waals surface area contributed by atoms with E-state index in [0.29, 0.717) is 29.0 Å². The number of hydrogen-bond acceptors (Lipinski definition) is 5. The third-order valence-electron chi connectivity index (χ3n) is 7.25. The average Bonchev–Trinajstić information content (AvgIpc) is 3.40. The number of aryl methyl sites for hydroxylation is 2. The number of pyridine rings is 2. The molecule has 3 heterocycles. The Kier molecular flexibility index (Phi) is 7.84. The van der Waals surface area contributed by atoms with E-state index in [2.05, 4.69) is 15.4 Å². The monoisotopic (exact) mass is 574 g/mol. The second kappa shape index (κ2) is 11.5. The number of aromatic nitrogens is 4. The highest BCUT2D eigenvalue weighted by Gasteiger charge is 2.28. The molecule has 0 saturated carbocycles. The van der Waals surface area contributed by atoms with Crippen molar-refractivity contribution in [2.75, 3.05) is 5.73 Å². The summed E-state index contributed by atoms with van der Waals surface area (Å²) < 4.78 is 40.6. The number of nitrogens with two attached hydrogens (primary N) is 1. The Morgan fingerprint density at radius 1 is 1.05 bits per heavy atom. The maximum absolute atomic E-state index is 12.9. The number of hydrogen-bond donors (Lipinski definition) is 2. The number of nitrogens with zero attached hydrogens (tertiary/aromatic N) is 4. The lowest BCUT2D eigenvalue weighted by molar-refractivity contribution is -0.141. The lowest BCUT2D eigenvalue weighted by Gasteiger charge is -2.14. The first-order valence-corrected chi connectivity index (χ1v) is 13.3. The summed E-state index contributed by atoms with van der Waals surface area (Å²) in [6.45, 7) is 3.43. The summed E-state index contributed by atoms with van der Waals surface area (Å²) in [5.41, 5.74) is 10.9. The van der Waals surface area contributed by atoms with Gasteiger partial charge in [-0.25, -0.2) is 4.98 Å². The first-order chi connectivity index (χ1) is 20.0. The third-order valence-corrected chi connectivity index (χ3v) is 7.25. The van der Waals surface area contributed by atoms with Crippen LogP contribution in [0.5, 0.6) is 0 Å². The number of fused-ring (bicyclic) bond motifs is 1. The Balaban J connectivity index is 1.21. The van der Waals surface area contributed by atoms with Crippen LogP contribution in [0.3, 0.4) is 0 Å². The first kappa shape index (κ1) is 28.6. The Bertz CT molecular complexity index is 1820. The van der Waals surface area contributed by atoms with E-state index in [0.717, 1.165) is 44.8 Å². The van der Waals surface area contributed by atoms with E-state index in [9.17, 15) is 22.8 Å². The van der Waals surface area contributed by atoms with Crippen molar-refractivity contribution in [3.8, 4) is 0 Å². The number of anilines is 1. The van der Waals surface area contributed by atoms with Gasteiger partial charge >= 0.3 is 6.18 Å². The van der Waals surface area contributed by atoms with E-state index in [-0.39, 0.29) is 17.9 Å². The average molecular weight is 575 g/mol. The number of nitrogens with one attached hydrogen (secondary N) is 1. The number of rotatable bonds is 8. The maximum atomic E-state index is 12.9. The number of carbonyl (C=O) groups is 1. The van der Waals surface area contributed by atoms with Crippen LogP contribution in [0.4, 0.5) is 19.0 Å². The molecule has 0 spiro atoms. The molecule has 216 valence electrons. The van der Waals surface area contributed by atoms with E-state index in [4.69, 9.17) is 5.73 Å². The van der Waals surface area contributed by atoms with Crippen LogP contribution >= 0.6 is 0 Å². The van der Waals surface area contributed by atoms with Crippen LogP contribution < -0.4 is 16.6 Å². The van der Waals surface area contributed by atoms with Gasteiger partial charge in [0, 0.05) is 42.5 Å². The topological polar surface area (TPSA) is 108 Å². The molecule has 42 heavy (non-hydrogen) atoms. The molecule has 0 aliphatic heterocycles. The van der Waals surface area contributed by atoms with Crippen molar-refractivity contribution in [1.82, 2.24) is 24.6 Å². The fourth-order valence-corrected chi connectivity index (χ4v) is 5.05. The minimum absolute atomic E-state index is 0.213. The number of carbonyl (C=O) groups excluding carboxylic acids is 1. The molecular weight excluding hydrogens is 545 g/mol. The first-order valence-electron chi connectivity index (χ1n) is 13.3. The number of benzene rings is 2. The molecule has 11 heteroatoms. The van der Waals surface area contributed by atoms with Crippen LogP contribution in [0, 0.1) is 13.8 Å². The Morgan fingerprint density at radius 3 is 2.52 bits per heavy atom. The predicted molar refractivity (Wildman–Crippen MR) is 154 cm³/mol. The van der Waals surface area contributed by atoms with Gasteiger partial charge in [-0.3, -0.25) is 14.3 Å². The fraction of sp³-hybridized carbons (Fsp3) is 0.226. The zero-order chi connectivity index (χ0) is 30.0. The molecule has 2 aromatic carbocycles. The summed E-state index contributed by atoms with van der Waals surface area (Å²) in [6, 6.07) is 14.3. The number of alkyl halides is 3. The summed E-state index contributed by atoms with van der Waals surface area (Å²) >= 11 is 0. The van der Waals surface area contributed by atoms with E-state index in [1.165, 1.54) is 18.3 Å². The molecule has 0 aliphatic carbocycles. The van der Waals surface area contributed by atoms with Gasteiger partial charge in [0.2, 0.25) is 0 Å². The van der Waals surface area contributed by atoms with Crippen molar-refractivity contribution in [3.05, 3.63) is 123 Å². The minimum atomic E-state index is -4.47.